The molecule has 39 heavy (non-hydrogen) atoms. The third-order valence-electron chi connectivity index (χ3n) is 9.84. The summed E-state index contributed by atoms with van der Waals surface area (Å²) in [5.41, 5.74) is 9.07. The predicted octanol–water partition coefficient (Wildman–Crippen LogP) is 3.44. The normalized spacial score (nSPS) is 15.7. The number of halogens is 2. The van der Waals surface area contributed by atoms with E-state index in [2.05, 4.69) is 79.9 Å². The third-order valence-corrected chi connectivity index (χ3v) is 18.5. The molecule has 218 valence electrons. The molecule has 0 fully saturated rings. The number of fused-ring (bicyclic) bond motifs is 2. The molecule has 2 aromatic rings. The summed E-state index contributed by atoms with van der Waals surface area (Å²) in [5.74, 6) is 2.53. The van der Waals surface area contributed by atoms with Crippen LogP contribution in [0.3, 0.4) is 0 Å². The maximum Gasteiger partial charge on any atom is 4.00 e. The first-order valence-corrected chi connectivity index (χ1v) is 20.4. The Kier molecular flexibility index (Phi) is 13.0. The SMILES string of the molecule is CC(C)(C)[Si](C)(C)Oc1c(CCc2[cH-]c3c(c2O[Si](C)(C)C(C)(C)C)CCCC3)[cH-]c2c1CCCC2.[Cl-].[Cl-].[Zr+4]. The second-order valence-corrected chi connectivity index (χ2v) is 24.1. The molecule has 2 aliphatic rings. The molecule has 0 amide bonds. The van der Waals surface area contributed by atoms with Crippen molar-refractivity contribution in [2.45, 2.75) is 142 Å². The van der Waals surface area contributed by atoms with Crippen LogP contribution in [-0.2, 0) is 64.7 Å². The Morgan fingerprint density at radius 1 is 0.590 bits per heavy atom. The van der Waals surface area contributed by atoms with Gasteiger partial charge in [0.15, 0.2) is 0 Å². The van der Waals surface area contributed by atoms with Crippen LogP contribution in [0.1, 0.15) is 101 Å². The van der Waals surface area contributed by atoms with E-state index in [1.807, 2.05) is 0 Å². The van der Waals surface area contributed by atoms with Crippen LogP contribution in [0.2, 0.25) is 36.3 Å². The maximum absolute atomic E-state index is 7.08. The molecule has 4 rings (SSSR count). The summed E-state index contributed by atoms with van der Waals surface area (Å²) < 4.78 is 14.2. The molecular formula is C32H52Cl2O2Si2Zr. The Labute approximate surface area is 273 Å². The van der Waals surface area contributed by atoms with Gasteiger partial charge < -0.3 is 33.7 Å². The molecule has 0 N–H and O–H groups in total. The fourth-order valence-electron chi connectivity index (χ4n) is 5.35. The molecule has 7 heteroatoms. The number of rotatable bonds is 7. The number of aryl methyl sites for hydroxylation is 4. The van der Waals surface area contributed by atoms with E-state index in [0.717, 1.165) is 12.8 Å². The Balaban J connectivity index is 0.00000253. The van der Waals surface area contributed by atoms with Crippen LogP contribution in [0, 0.1) is 0 Å². The van der Waals surface area contributed by atoms with Crippen LogP contribution in [0.25, 0.3) is 0 Å². The average molecular weight is 687 g/mol. The summed E-state index contributed by atoms with van der Waals surface area (Å²) in [6.45, 7) is 23.7. The van der Waals surface area contributed by atoms with E-state index >= 15 is 0 Å². The van der Waals surface area contributed by atoms with Gasteiger partial charge in [0.2, 0.25) is 16.6 Å². The summed E-state index contributed by atoms with van der Waals surface area (Å²) in [7, 11) is -3.80. The average Bonchev–Trinajstić information content (AvgIpc) is 3.28. The van der Waals surface area contributed by atoms with Crippen LogP contribution >= 0.6 is 0 Å². The molecule has 0 unspecified atom stereocenters. The summed E-state index contributed by atoms with van der Waals surface area (Å²) in [6.07, 6.45) is 12.1. The number of hydrogen-bond donors (Lipinski definition) is 0. The fraction of sp³-hybridized carbons (Fsp3) is 0.688. The van der Waals surface area contributed by atoms with Crippen molar-refractivity contribution in [3.05, 3.63) is 45.5 Å². The molecular weight excluding hydrogens is 635 g/mol. The van der Waals surface area contributed by atoms with E-state index in [4.69, 9.17) is 8.85 Å². The van der Waals surface area contributed by atoms with E-state index in [0.29, 0.717) is 0 Å². The molecule has 0 bridgehead atoms. The minimum absolute atomic E-state index is 0. The van der Waals surface area contributed by atoms with Crippen molar-refractivity contribution >= 4 is 16.6 Å². The largest absolute Gasteiger partial charge is 4.00 e. The monoisotopic (exact) mass is 684 g/mol. The van der Waals surface area contributed by atoms with Gasteiger partial charge in [-0.2, -0.15) is 34.4 Å². The minimum Gasteiger partial charge on any atom is -1.00 e. The Hall–Kier alpha value is 0.197. The van der Waals surface area contributed by atoms with Gasteiger partial charge in [0.1, 0.15) is 0 Å². The van der Waals surface area contributed by atoms with Crippen molar-refractivity contribution in [2.24, 2.45) is 0 Å². The van der Waals surface area contributed by atoms with Gasteiger partial charge in [-0.15, -0.1) is 11.1 Å². The fourth-order valence-corrected chi connectivity index (χ4v) is 7.49. The van der Waals surface area contributed by atoms with Crippen molar-refractivity contribution < 1.29 is 59.9 Å². The molecule has 2 aliphatic carbocycles. The van der Waals surface area contributed by atoms with Crippen LogP contribution in [0.15, 0.2) is 12.1 Å². The van der Waals surface area contributed by atoms with E-state index < -0.39 is 16.6 Å². The van der Waals surface area contributed by atoms with Crippen LogP contribution < -0.4 is 33.7 Å². The zero-order valence-corrected chi connectivity index (χ0v) is 32.3. The van der Waals surface area contributed by atoms with Crippen molar-refractivity contribution in [1.82, 2.24) is 0 Å². The molecule has 2 aromatic carbocycles. The van der Waals surface area contributed by atoms with Gasteiger partial charge >= 0.3 is 26.2 Å². The molecule has 0 aromatic heterocycles. The summed E-state index contributed by atoms with van der Waals surface area (Å²) in [6, 6.07) is 5.02. The Morgan fingerprint density at radius 2 is 0.897 bits per heavy atom. The minimum atomic E-state index is -1.90. The summed E-state index contributed by atoms with van der Waals surface area (Å²) >= 11 is 0. The number of hydrogen-bond acceptors (Lipinski definition) is 2. The zero-order chi connectivity index (χ0) is 26.5. The van der Waals surface area contributed by atoms with Crippen molar-refractivity contribution in [3.8, 4) is 11.5 Å². The third kappa shape index (κ3) is 7.98. The molecule has 0 saturated heterocycles. The first-order chi connectivity index (χ1) is 16.6. The standard InChI is InChI=1S/C32H52O2Si2.2ClH.Zr/c1-31(2,3)35(7,8)33-29-25(21-23-15-11-13-17-27(23)29)19-20-26-22-24-16-12-14-18-28(24)30(26)34-36(9,10)32(4,5)6;;;/h21-22H,11-20H2,1-10H3;2*1H;/q-2;;;+4/p-2. The van der Waals surface area contributed by atoms with Gasteiger partial charge in [-0.3, -0.25) is 0 Å². The van der Waals surface area contributed by atoms with Gasteiger partial charge in [-0.05, 0) is 60.6 Å². The summed E-state index contributed by atoms with van der Waals surface area (Å²) in [5, 5.41) is 0.413. The van der Waals surface area contributed by atoms with Crippen LogP contribution in [0.5, 0.6) is 11.5 Å². The Morgan fingerprint density at radius 3 is 1.21 bits per heavy atom. The smallest absolute Gasteiger partial charge is 1.00 e. The zero-order valence-electron chi connectivity index (χ0n) is 26.3. The van der Waals surface area contributed by atoms with Gasteiger partial charge in [-0.1, -0.05) is 92.9 Å². The van der Waals surface area contributed by atoms with Gasteiger partial charge in [0.05, 0.1) is 0 Å². The van der Waals surface area contributed by atoms with Gasteiger partial charge in [-0.25, -0.2) is 0 Å². The summed E-state index contributed by atoms with van der Waals surface area (Å²) in [4.78, 5) is 0. The molecule has 2 nitrogen and oxygen atoms in total. The van der Waals surface area contributed by atoms with Crippen molar-refractivity contribution in [1.29, 1.82) is 0 Å². The van der Waals surface area contributed by atoms with Crippen molar-refractivity contribution in [2.75, 3.05) is 0 Å². The van der Waals surface area contributed by atoms with E-state index in [1.165, 1.54) is 85.1 Å². The quantitative estimate of drug-likeness (QED) is 0.329. The first-order valence-electron chi connectivity index (χ1n) is 14.6. The Bertz CT molecular complexity index is 1000. The predicted molar refractivity (Wildman–Crippen MR) is 160 cm³/mol. The second kappa shape index (κ2) is 13.7. The molecule has 0 saturated carbocycles. The van der Waals surface area contributed by atoms with E-state index in [1.54, 1.807) is 11.1 Å². The van der Waals surface area contributed by atoms with E-state index in [-0.39, 0.29) is 61.1 Å². The second-order valence-electron chi connectivity index (χ2n) is 14.6. The molecule has 0 heterocycles. The van der Waals surface area contributed by atoms with E-state index in [9.17, 15) is 0 Å². The van der Waals surface area contributed by atoms with Gasteiger partial charge in [0, 0.05) is 0 Å². The van der Waals surface area contributed by atoms with Crippen molar-refractivity contribution in [3.63, 3.8) is 0 Å². The first kappa shape index (κ1) is 37.2. The van der Waals surface area contributed by atoms with Crippen LogP contribution in [-0.4, -0.2) is 16.6 Å². The molecule has 0 atom stereocenters. The molecule has 0 spiro atoms. The van der Waals surface area contributed by atoms with Crippen LogP contribution in [0.4, 0.5) is 0 Å². The molecule has 0 aliphatic heterocycles. The molecule has 0 radical (unpaired) electrons. The topological polar surface area (TPSA) is 18.5 Å². The maximum atomic E-state index is 7.08. The van der Waals surface area contributed by atoms with Gasteiger partial charge in [0.25, 0.3) is 0 Å².